The zero-order chi connectivity index (χ0) is 21.8. The van der Waals surface area contributed by atoms with Crippen molar-refractivity contribution in [2.45, 2.75) is 51.8 Å². The standard InChI is InChI=1S/C25H34N2O2S/c1-4-16-26-25(29)23(5-2)27(17-15-21-9-7-6-8-10-21)24(28)19-30-18-22-13-11-20(3)12-14-22/h6-14,23H,4-5,15-19H2,1-3H3,(H,26,29)/t23-/m1/s1. The molecule has 2 aromatic rings. The fourth-order valence-electron chi connectivity index (χ4n) is 3.29. The molecule has 0 aromatic heterocycles. The lowest BCUT2D eigenvalue weighted by molar-refractivity contribution is -0.138. The number of carbonyl (C=O) groups excluding carboxylic acids is 2. The first-order chi connectivity index (χ1) is 14.5. The van der Waals surface area contributed by atoms with Crippen LogP contribution in [0.3, 0.4) is 0 Å². The van der Waals surface area contributed by atoms with E-state index in [-0.39, 0.29) is 11.8 Å². The van der Waals surface area contributed by atoms with E-state index in [1.807, 2.05) is 32.0 Å². The molecule has 0 aliphatic carbocycles. The number of rotatable bonds is 12. The summed E-state index contributed by atoms with van der Waals surface area (Å²) in [7, 11) is 0. The summed E-state index contributed by atoms with van der Waals surface area (Å²) in [6.45, 7) is 7.25. The van der Waals surface area contributed by atoms with Crippen LogP contribution in [0, 0.1) is 6.92 Å². The Labute approximate surface area is 185 Å². The van der Waals surface area contributed by atoms with Gasteiger partial charge in [-0.3, -0.25) is 9.59 Å². The van der Waals surface area contributed by atoms with Gasteiger partial charge in [-0.25, -0.2) is 0 Å². The topological polar surface area (TPSA) is 49.4 Å². The van der Waals surface area contributed by atoms with Crippen molar-refractivity contribution in [3.63, 3.8) is 0 Å². The second kappa shape index (κ2) is 13.1. The van der Waals surface area contributed by atoms with Gasteiger partial charge in [0.25, 0.3) is 0 Å². The Bertz CT molecular complexity index is 777. The number of amides is 2. The summed E-state index contributed by atoms with van der Waals surface area (Å²) < 4.78 is 0. The number of hydrogen-bond donors (Lipinski definition) is 1. The fraction of sp³-hybridized carbons (Fsp3) is 0.440. The smallest absolute Gasteiger partial charge is 0.242 e. The molecular formula is C25H34N2O2S. The van der Waals surface area contributed by atoms with Gasteiger partial charge in [0.1, 0.15) is 6.04 Å². The zero-order valence-corrected chi connectivity index (χ0v) is 19.2. The predicted octanol–water partition coefficient (Wildman–Crippen LogP) is 4.60. The van der Waals surface area contributed by atoms with Crippen LogP contribution >= 0.6 is 11.8 Å². The summed E-state index contributed by atoms with van der Waals surface area (Å²) in [6, 6.07) is 18.1. The second-order valence-electron chi connectivity index (χ2n) is 7.52. The van der Waals surface area contributed by atoms with E-state index in [2.05, 4.69) is 48.6 Å². The Kier molecular flexibility index (Phi) is 10.5. The van der Waals surface area contributed by atoms with E-state index in [9.17, 15) is 9.59 Å². The first-order valence-corrected chi connectivity index (χ1v) is 11.9. The Hall–Kier alpha value is -2.27. The highest BCUT2D eigenvalue weighted by atomic mass is 32.2. The van der Waals surface area contributed by atoms with E-state index in [0.29, 0.717) is 25.3 Å². The molecule has 0 fully saturated rings. The van der Waals surface area contributed by atoms with Gasteiger partial charge in [-0.15, -0.1) is 11.8 Å². The highest BCUT2D eigenvalue weighted by Gasteiger charge is 2.27. The fourth-order valence-corrected chi connectivity index (χ4v) is 4.16. The molecule has 0 unspecified atom stereocenters. The third kappa shape index (κ3) is 7.86. The molecule has 2 amide bonds. The highest BCUT2D eigenvalue weighted by Crippen LogP contribution is 2.16. The van der Waals surface area contributed by atoms with Gasteiger partial charge in [0, 0.05) is 18.8 Å². The molecule has 1 atom stereocenters. The Morgan fingerprint density at radius 1 is 1.00 bits per heavy atom. The third-order valence-electron chi connectivity index (χ3n) is 5.03. The van der Waals surface area contributed by atoms with Crippen molar-refractivity contribution in [3.05, 3.63) is 71.3 Å². The van der Waals surface area contributed by atoms with Gasteiger partial charge < -0.3 is 10.2 Å². The van der Waals surface area contributed by atoms with Crippen LogP contribution < -0.4 is 5.32 Å². The van der Waals surface area contributed by atoms with E-state index >= 15 is 0 Å². The molecule has 0 saturated heterocycles. The summed E-state index contributed by atoms with van der Waals surface area (Å²) >= 11 is 1.60. The first-order valence-electron chi connectivity index (χ1n) is 10.8. The maximum absolute atomic E-state index is 13.1. The van der Waals surface area contributed by atoms with Crippen LogP contribution in [0.4, 0.5) is 0 Å². The molecule has 2 rings (SSSR count). The molecule has 5 heteroatoms. The maximum Gasteiger partial charge on any atom is 0.242 e. The van der Waals surface area contributed by atoms with Crippen molar-refractivity contribution >= 4 is 23.6 Å². The van der Waals surface area contributed by atoms with Crippen molar-refractivity contribution in [1.82, 2.24) is 10.2 Å². The number of thioether (sulfide) groups is 1. The summed E-state index contributed by atoms with van der Waals surface area (Å²) in [5.41, 5.74) is 3.61. The molecule has 0 bridgehead atoms. The lowest BCUT2D eigenvalue weighted by Gasteiger charge is -2.30. The summed E-state index contributed by atoms with van der Waals surface area (Å²) in [5, 5.41) is 2.96. The lowest BCUT2D eigenvalue weighted by Crippen LogP contribution is -2.50. The quantitative estimate of drug-likeness (QED) is 0.539. The molecular weight excluding hydrogens is 392 g/mol. The van der Waals surface area contributed by atoms with Crippen LogP contribution in [-0.2, 0) is 21.8 Å². The molecule has 0 spiro atoms. The summed E-state index contributed by atoms with van der Waals surface area (Å²) in [4.78, 5) is 27.6. The number of nitrogens with zero attached hydrogens (tertiary/aromatic N) is 1. The van der Waals surface area contributed by atoms with Gasteiger partial charge in [-0.1, -0.05) is 74.0 Å². The van der Waals surface area contributed by atoms with Crippen molar-refractivity contribution < 1.29 is 9.59 Å². The van der Waals surface area contributed by atoms with E-state index in [1.165, 1.54) is 16.7 Å². The van der Waals surface area contributed by atoms with Crippen molar-refractivity contribution in [3.8, 4) is 0 Å². The predicted molar refractivity (Wildman–Crippen MR) is 127 cm³/mol. The summed E-state index contributed by atoms with van der Waals surface area (Å²) in [5.74, 6) is 1.14. The van der Waals surface area contributed by atoms with Crippen molar-refractivity contribution in [2.75, 3.05) is 18.8 Å². The Morgan fingerprint density at radius 3 is 2.33 bits per heavy atom. The molecule has 0 saturated carbocycles. The van der Waals surface area contributed by atoms with Crippen LogP contribution in [-0.4, -0.2) is 41.6 Å². The second-order valence-corrected chi connectivity index (χ2v) is 8.50. The third-order valence-corrected chi connectivity index (χ3v) is 6.02. The van der Waals surface area contributed by atoms with E-state index in [4.69, 9.17) is 0 Å². The number of benzene rings is 2. The van der Waals surface area contributed by atoms with Crippen LogP contribution in [0.1, 0.15) is 43.4 Å². The van der Waals surface area contributed by atoms with Gasteiger partial charge in [-0.05, 0) is 37.3 Å². The number of carbonyl (C=O) groups is 2. The Balaban J connectivity index is 2.02. The minimum absolute atomic E-state index is 0.0292. The monoisotopic (exact) mass is 426 g/mol. The molecule has 4 nitrogen and oxygen atoms in total. The van der Waals surface area contributed by atoms with E-state index < -0.39 is 6.04 Å². The molecule has 0 aliphatic rings. The van der Waals surface area contributed by atoms with E-state index in [1.54, 1.807) is 16.7 Å². The molecule has 1 N–H and O–H groups in total. The molecule has 0 radical (unpaired) electrons. The van der Waals surface area contributed by atoms with Gasteiger partial charge in [0.15, 0.2) is 0 Å². The van der Waals surface area contributed by atoms with E-state index in [0.717, 1.165) is 18.6 Å². The lowest BCUT2D eigenvalue weighted by atomic mass is 10.1. The van der Waals surface area contributed by atoms with Crippen LogP contribution in [0.15, 0.2) is 54.6 Å². The number of aryl methyl sites for hydroxylation is 1. The zero-order valence-electron chi connectivity index (χ0n) is 18.4. The normalized spacial score (nSPS) is 11.7. The molecule has 30 heavy (non-hydrogen) atoms. The van der Waals surface area contributed by atoms with Gasteiger partial charge in [-0.2, -0.15) is 0 Å². The minimum atomic E-state index is -0.423. The van der Waals surface area contributed by atoms with Gasteiger partial charge in [0.2, 0.25) is 11.8 Å². The molecule has 162 valence electrons. The number of hydrogen-bond acceptors (Lipinski definition) is 3. The van der Waals surface area contributed by atoms with Gasteiger partial charge in [0.05, 0.1) is 5.75 Å². The van der Waals surface area contributed by atoms with Gasteiger partial charge >= 0.3 is 0 Å². The largest absolute Gasteiger partial charge is 0.354 e. The first kappa shape index (κ1) is 24.0. The SMILES string of the molecule is CCCNC(=O)[C@@H](CC)N(CCc1ccccc1)C(=O)CSCc1ccc(C)cc1. The number of nitrogens with one attached hydrogen (secondary N) is 1. The average molecular weight is 427 g/mol. The van der Waals surface area contributed by atoms with Crippen LogP contribution in [0.5, 0.6) is 0 Å². The summed E-state index contributed by atoms with van der Waals surface area (Å²) in [6.07, 6.45) is 2.23. The average Bonchev–Trinajstić information content (AvgIpc) is 2.77. The minimum Gasteiger partial charge on any atom is -0.354 e. The molecule has 2 aromatic carbocycles. The molecule has 0 aliphatic heterocycles. The van der Waals surface area contributed by atoms with Crippen molar-refractivity contribution in [2.24, 2.45) is 0 Å². The van der Waals surface area contributed by atoms with Crippen LogP contribution in [0.2, 0.25) is 0 Å². The van der Waals surface area contributed by atoms with Crippen LogP contribution in [0.25, 0.3) is 0 Å². The van der Waals surface area contributed by atoms with Crippen molar-refractivity contribution in [1.29, 1.82) is 0 Å². The Morgan fingerprint density at radius 2 is 1.70 bits per heavy atom. The maximum atomic E-state index is 13.1. The highest BCUT2D eigenvalue weighted by molar-refractivity contribution is 7.99. The molecule has 0 heterocycles.